The van der Waals surface area contributed by atoms with E-state index >= 15 is 0 Å². The van der Waals surface area contributed by atoms with Crippen molar-refractivity contribution in [3.8, 4) is 11.4 Å². The number of para-hydroxylation sites is 2. The Kier molecular flexibility index (Phi) is 4.76. The van der Waals surface area contributed by atoms with Crippen LogP contribution in [0.25, 0.3) is 28.1 Å². The van der Waals surface area contributed by atoms with Crippen molar-refractivity contribution in [2.24, 2.45) is 5.92 Å². The van der Waals surface area contributed by atoms with Gasteiger partial charge in [-0.3, -0.25) is 0 Å². The highest BCUT2D eigenvalue weighted by Crippen LogP contribution is 2.40. The maximum absolute atomic E-state index is 13.8. The van der Waals surface area contributed by atoms with Crippen LogP contribution in [0.3, 0.4) is 0 Å². The third-order valence-corrected chi connectivity index (χ3v) is 6.25. The number of pyridine rings is 1. The minimum atomic E-state index is -4.63. The van der Waals surface area contributed by atoms with Crippen LogP contribution in [0.4, 0.5) is 22.0 Å². The number of halogens is 5. The standard InChI is InChI=1S/C23H21F5N4/c1-13-10-15(21-29-16-4-2-3-5-17(16)30-21)12-19-31-20(23(26,27)28)18(32(13)19)11-14-6-8-22(24,25)9-7-14/h2-5,10,12,14H,6-9,11H2,1H3,(H,29,30). The molecule has 4 aromatic rings. The summed E-state index contributed by atoms with van der Waals surface area (Å²) in [6.45, 7) is 1.72. The number of nitrogens with one attached hydrogen (secondary N) is 1. The summed E-state index contributed by atoms with van der Waals surface area (Å²) < 4.78 is 70.1. The van der Waals surface area contributed by atoms with E-state index in [1.165, 1.54) is 4.40 Å². The van der Waals surface area contributed by atoms with Gasteiger partial charge >= 0.3 is 6.18 Å². The minimum Gasteiger partial charge on any atom is -0.338 e. The number of aromatic nitrogens is 4. The number of aromatic amines is 1. The molecule has 1 saturated carbocycles. The van der Waals surface area contributed by atoms with Gasteiger partial charge in [-0.25, -0.2) is 18.7 Å². The SMILES string of the molecule is Cc1cc(-c2nc3ccccc3[nH]2)cc2nc(C(F)(F)F)c(CC3CCC(F)(F)CC3)n12. The molecule has 1 aliphatic rings. The molecule has 1 fully saturated rings. The maximum Gasteiger partial charge on any atom is 0.435 e. The van der Waals surface area contributed by atoms with Gasteiger partial charge < -0.3 is 9.38 Å². The zero-order valence-corrected chi connectivity index (χ0v) is 17.3. The first-order valence-electron chi connectivity index (χ1n) is 10.5. The van der Waals surface area contributed by atoms with E-state index in [0.29, 0.717) is 17.1 Å². The zero-order chi connectivity index (χ0) is 22.7. The van der Waals surface area contributed by atoms with Crippen molar-refractivity contribution in [1.82, 2.24) is 19.4 Å². The second-order valence-electron chi connectivity index (χ2n) is 8.59. The normalized spacial score (nSPS) is 17.4. The lowest BCUT2D eigenvalue weighted by Gasteiger charge is -2.28. The molecule has 168 valence electrons. The smallest absolute Gasteiger partial charge is 0.338 e. The Morgan fingerprint density at radius 2 is 1.81 bits per heavy atom. The summed E-state index contributed by atoms with van der Waals surface area (Å²) in [4.78, 5) is 11.6. The van der Waals surface area contributed by atoms with Crippen LogP contribution in [0.15, 0.2) is 36.4 Å². The molecule has 3 heterocycles. The number of nitrogens with zero attached hydrogens (tertiary/aromatic N) is 3. The predicted octanol–water partition coefficient (Wildman–Crippen LogP) is 6.57. The molecule has 32 heavy (non-hydrogen) atoms. The van der Waals surface area contributed by atoms with Crippen molar-refractivity contribution in [3.05, 3.63) is 53.5 Å². The van der Waals surface area contributed by atoms with Crippen molar-refractivity contribution < 1.29 is 22.0 Å². The van der Waals surface area contributed by atoms with Gasteiger partial charge in [-0.1, -0.05) is 12.1 Å². The Morgan fingerprint density at radius 1 is 1.09 bits per heavy atom. The lowest BCUT2D eigenvalue weighted by Crippen LogP contribution is -2.26. The Bertz CT molecular complexity index is 1260. The number of H-pyrrole nitrogens is 1. The quantitative estimate of drug-likeness (QED) is 0.360. The fourth-order valence-electron chi connectivity index (χ4n) is 4.65. The number of benzene rings is 1. The Hall–Kier alpha value is -2.97. The van der Waals surface area contributed by atoms with Crippen LogP contribution in [0.2, 0.25) is 0 Å². The number of hydrogen-bond acceptors (Lipinski definition) is 2. The van der Waals surface area contributed by atoms with Gasteiger partial charge in [0.2, 0.25) is 5.92 Å². The van der Waals surface area contributed by atoms with E-state index < -0.39 is 17.8 Å². The van der Waals surface area contributed by atoms with E-state index in [2.05, 4.69) is 15.0 Å². The second kappa shape index (κ2) is 7.28. The van der Waals surface area contributed by atoms with E-state index in [4.69, 9.17) is 0 Å². The lowest BCUT2D eigenvalue weighted by atomic mass is 9.83. The van der Waals surface area contributed by atoms with Crippen molar-refractivity contribution in [2.45, 2.75) is 51.1 Å². The zero-order valence-electron chi connectivity index (χ0n) is 17.3. The summed E-state index contributed by atoms with van der Waals surface area (Å²) in [7, 11) is 0. The van der Waals surface area contributed by atoms with Crippen molar-refractivity contribution >= 4 is 16.7 Å². The first-order chi connectivity index (χ1) is 15.1. The average molecular weight is 448 g/mol. The van der Waals surface area contributed by atoms with E-state index in [1.54, 1.807) is 19.1 Å². The number of hydrogen-bond donors (Lipinski definition) is 1. The maximum atomic E-state index is 13.8. The Balaban J connectivity index is 1.58. The topological polar surface area (TPSA) is 46.0 Å². The molecule has 0 bridgehead atoms. The highest BCUT2D eigenvalue weighted by atomic mass is 19.4. The Morgan fingerprint density at radius 3 is 2.50 bits per heavy atom. The number of aryl methyl sites for hydroxylation is 1. The highest BCUT2D eigenvalue weighted by Gasteiger charge is 2.40. The van der Waals surface area contributed by atoms with Gasteiger partial charge in [-0.2, -0.15) is 13.2 Å². The van der Waals surface area contributed by atoms with E-state index in [0.717, 1.165) is 11.0 Å². The highest BCUT2D eigenvalue weighted by molar-refractivity contribution is 5.80. The fourth-order valence-corrected chi connectivity index (χ4v) is 4.65. The molecule has 0 unspecified atom stereocenters. The molecule has 0 aliphatic heterocycles. The Labute approximate surface area is 180 Å². The van der Waals surface area contributed by atoms with Gasteiger partial charge in [0.05, 0.1) is 16.7 Å². The monoisotopic (exact) mass is 448 g/mol. The lowest BCUT2D eigenvalue weighted by molar-refractivity contribution is -0.141. The van der Waals surface area contributed by atoms with Crippen LogP contribution in [-0.2, 0) is 12.6 Å². The van der Waals surface area contributed by atoms with Gasteiger partial charge in [0.15, 0.2) is 5.69 Å². The van der Waals surface area contributed by atoms with Crippen LogP contribution in [0, 0.1) is 12.8 Å². The third kappa shape index (κ3) is 3.73. The molecule has 0 radical (unpaired) electrons. The largest absolute Gasteiger partial charge is 0.435 e. The molecule has 0 amide bonds. The molecule has 0 spiro atoms. The molecular formula is C23H21F5N4. The van der Waals surface area contributed by atoms with Crippen molar-refractivity contribution in [3.63, 3.8) is 0 Å². The average Bonchev–Trinajstić information content (AvgIpc) is 3.31. The minimum absolute atomic E-state index is 0.0383. The molecule has 1 N–H and O–H groups in total. The predicted molar refractivity (Wildman–Crippen MR) is 111 cm³/mol. The molecular weight excluding hydrogens is 427 g/mol. The van der Waals surface area contributed by atoms with Gasteiger partial charge in [-0.05, 0) is 56.4 Å². The number of rotatable bonds is 3. The van der Waals surface area contributed by atoms with Gasteiger partial charge in [0, 0.05) is 24.1 Å². The van der Waals surface area contributed by atoms with E-state index in [1.807, 2.05) is 24.3 Å². The summed E-state index contributed by atoms with van der Waals surface area (Å²) >= 11 is 0. The summed E-state index contributed by atoms with van der Waals surface area (Å²) in [5.74, 6) is -2.41. The van der Waals surface area contributed by atoms with Crippen LogP contribution in [0.1, 0.15) is 42.8 Å². The molecule has 3 aromatic heterocycles. The molecule has 1 aliphatic carbocycles. The third-order valence-electron chi connectivity index (χ3n) is 6.25. The molecule has 5 rings (SSSR count). The van der Waals surface area contributed by atoms with Crippen LogP contribution in [0.5, 0.6) is 0 Å². The number of alkyl halides is 5. The molecule has 4 nitrogen and oxygen atoms in total. The number of fused-ring (bicyclic) bond motifs is 2. The first-order valence-corrected chi connectivity index (χ1v) is 10.5. The van der Waals surface area contributed by atoms with Crippen molar-refractivity contribution in [1.29, 1.82) is 0 Å². The van der Waals surface area contributed by atoms with Gasteiger partial charge in [0.1, 0.15) is 11.5 Å². The van der Waals surface area contributed by atoms with Crippen molar-refractivity contribution in [2.75, 3.05) is 0 Å². The summed E-state index contributed by atoms with van der Waals surface area (Å²) in [5.41, 5.74) is 2.06. The van der Waals surface area contributed by atoms with E-state index in [-0.39, 0.29) is 49.4 Å². The molecule has 0 saturated heterocycles. The first kappa shape index (κ1) is 20.9. The van der Waals surface area contributed by atoms with E-state index in [9.17, 15) is 22.0 Å². The molecule has 0 atom stereocenters. The van der Waals surface area contributed by atoms with Crippen LogP contribution >= 0.6 is 0 Å². The van der Waals surface area contributed by atoms with Gasteiger partial charge in [-0.15, -0.1) is 0 Å². The van der Waals surface area contributed by atoms with Gasteiger partial charge in [0.25, 0.3) is 0 Å². The van der Waals surface area contributed by atoms with Crippen LogP contribution < -0.4 is 0 Å². The molecule has 9 heteroatoms. The van der Waals surface area contributed by atoms with Crippen LogP contribution in [-0.4, -0.2) is 25.3 Å². The summed E-state index contributed by atoms with van der Waals surface area (Å²) in [6, 6.07) is 10.8. The fraction of sp³-hybridized carbons (Fsp3) is 0.391. The summed E-state index contributed by atoms with van der Waals surface area (Å²) in [6.07, 6.45) is -4.74. The summed E-state index contributed by atoms with van der Waals surface area (Å²) in [5, 5.41) is 0. The second-order valence-corrected chi connectivity index (χ2v) is 8.59. The number of imidazole rings is 2. The molecule has 1 aromatic carbocycles.